The standard InChI is InChI=1S/C21H20ClN3O5S/c22-17-9-7-15(8-10-17)20-23-19(30-24-20)14-29-21(26)16-5-4-6-18(13-16)31(27,28)25-11-2-1-3-12-25/h4-10,13H,1-3,11-12,14H2. The van der Waals surface area contributed by atoms with Crippen LogP contribution in [0.1, 0.15) is 35.5 Å². The number of carbonyl (C=O) groups is 1. The fourth-order valence-corrected chi connectivity index (χ4v) is 4.97. The lowest BCUT2D eigenvalue weighted by Crippen LogP contribution is -2.35. The van der Waals surface area contributed by atoms with Crippen LogP contribution in [0.15, 0.2) is 57.9 Å². The van der Waals surface area contributed by atoms with Crippen molar-refractivity contribution in [1.82, 2.24) is 14.4 Å². The summed E-state index contributed by atoms with van der Waals surface area (Å²) >= 11 is 5.87. The van der Waals surface area contributed by atoms with Crippen LogP contribution in [0.4, 0.5) is 0 Å². The number of hydrogen-bond acceptors (Lipinski definition) is 7. The minimum Gasteiger partial charge on any atom is -0.452 e. The summed E-state index contributed by atoms with van der Waals surface area (Å²) in [6, 6.07) is 12.8. The fraction of sp³-hybridized carbons (Fsp3) is 0.286. The van der Waals surface area contributed by atoms with Gasteiger partial charge in [-0.05, 0) is 55.3 Å². The summed E-state index contributed by atoms with van der Waals surface area (Å²) in [5.41, 5.74) is 0.844. The van der Waals surface area contributed by atoms with E-state index in [9.17, 15) is 13.2 Å². The molecule has 162 valence electrons. The van der Waals surface area contributed by atoms with Gasteiger partial charge in [-0.2, -0.15) is 9.29 Å². The highest BCUT2D eigenvalue weighted by atomic mass is 35.5. The van der Waals surface area contributed by atoms with Gasteiger partial charge in [-0.15, -0.1) is 0 Å². The maximum atomic E-state index is 12.8. The molecular weight excluding hydrogens is 442 g/mol. The van der Waals surface area contributed by atoms with Crippen LogP contribution >= 0.6 is 11.6 Å². The smallest absolute Gasteiger partial charge is 0.338 e. The first-order valence-corrected chi connectivity index (χ1v) is 11.6. The van der Waals surface area contributed by atoms with Crippen LogP contribution in [0.2, 0.25) is 5.02 Å². The van der Waals surface area contributed by atoms with E-state index in [0.717, 1.165) is 19.3 Å². The van der Waals surface area contributed by atoms with Gasteiger partial charge in [0, 0.05) is 23.7 Å². The highest BCUT2D eigenvalue weighted by Crippen LogP contribution is 2.22. The van der Waals surface area contributed by atoms with Crippen molar-refractivity contribution in [3.63, 3.8) is 0 Å². The van der Waals surface area contributed by atoms with E-state index in [-0.39, 0.29) is 23.0 Å². The number of piperidine rings is 1. The second-order valence-corrected chi connectivity index (χ2v) is 9.46. The number of benzene rings is 2. The van der Waals surface area contributed by atoms with Gasteiger partial charge in [0.1, 0.15) is 0 Å². The van der Waals surface area contributed by atoms with Gasteiger partial charge < -0.3 is 9.26 Å². The Bertz CT molecular complexity index is 1170. The molecule has 3 aromatic rings. The van der Waals surface area contributed by atoms with Crippen molar-refractivity contribution in [3.05, 3.63) is 65.0 Å². The molecule has 1 aliphatic rings. The fourth-order valence-electron chi connectivity index (χ4n) is 3.28. The second-order valence-electron chi connectivity index (χ2n) is 7.09. The summed E-state index contributed by atoms with van der Waals surface area (Å²) in [7, 11) is -3.64. The van der Waals surface area contributed by atoms with Crippen LogP contribution in [0.25, 0.3) is 11.4 Å². The number of hydrogen-bond donors (Lipinski definition) is 0. The highest BCUT2D eigenvalue weighted by molar-refractivity contribution is 7.89. The van der Waals surface area contributed by atoms with Crippen LogP contribution in [-0.2, 0) is 21.4 Å². The zero-order valence-corrected chi connectivity index (χ0v) is 18.1. The average molecular weight is 462 g/mol. The third-order valence-electron chi connectivity index (χ3n) is 4.92. The minimum absolute atomic E-state index is 0.0756. The van der Waals surface area contributed by atoms with Crippen molar-refractivity contribution < 1.29 is 22.5 Å². The van der Waals surface area contributed by atoms with Crippen LogP contribution < -0.4 is 0 Å². The number of sulfonamides is 1. The van der Waals surface area contributed by atoms with E-state index in [1.165, 1.54) is 28.6 Å². The number of rotatable bonds is 6. The maximum absolute atomic E-state index is 12.8. The molecule has 4 rings (SSSR count). The zero-order valence-electron chi connectivity index (χ0n) is 16.5. The summed E-state index contributed by atoms with van der Waals surface area (Å²) in [5.74, 6) is -0.213. The van der Waals surface area contributed by atoms with Crippen LogP contribution in [0.3, 0.4) is 0 Å². The number of nitrogens with zero attached hydrogens (tertiary/aromatic N) is 3. The summed E-state index contributed by atoms with van der Waals surface area (Å²) in [6.07, 6.45) is 2.69. The first-order valence-electron chi connectivity index (χ1n) is 9.79. The molecule has 0 saturated carbocycles. The molecule has 0 unspecified atom stereocenters. The van der Waals surface area contributed by atoms with Crippen LogP contribution in [0.5, 0.6) is 0 Å². The monoisotopic (exact) mass is 461 g/mol. The topological polar surface area (TPSA) is 103 Å². The number of aromatic nitrogens is 2. The van der Waals surface area contributed by atoms with E-state index in [4.69, 9.17) is 20.9 Å². The Morgan fingerprint density at radius 3 is 2.58 bits per heavy atom. The molecule has 31 heavy (non-hydrogen) atoms. The SMILES string of the molecule is O=C(OCc1nc(-c2ccc(Cl)cc2)no1)c1cccc(S(=O)(=O)N2CCCCC2)c1. The predicted octanol–water partition coefficient (Wildman–Crippen LogP) is 3.92. The van der Waals surface area contributed by atoms with Gasteiger partial charge in [0.15, 0.2) is 6.61 Å². The van der Waals surface area contributed by atoms with Gasteiger partial charge in [-0.1, -0.05) is 29.2 Å². The van der Waals surface area contributed by atoms with E-state index in [0.29, 0.717) is 29.5 Å². The molecular formula is C21H20ClN3O5S. The first kappa shape index (κ1) is 21.5. The third kappa shape index (κ3) is 4.95. The summed E-state index contributed by atoms with van der Waals surface area (Å²) in [4.78, 5) is 16.7. The second kappa shape index (κ2) is 9.17. The molecule has 0 N–H and O–H groups in total. The first-order chi connectivity index (χ1) is 14.9. The lowest BCUT2D eigenvalue weighted by molar-refractivity contribution is 0.0429. The number of carbonyl (C=O) groups excluding carboxylic acids is 1. The summed E-state index contributed by atoms with van der Waals surface area (Å²) < 4.78 is 37.5. The lowest BCUT2D eigenvalue weighted by Gasteiger charge is -2.25. The molecule has 1 fully saturated rings. The summed E-state index contributed by atoms with van der Waals surface area (Å²) in [5, 5.41) is 4.45. The van der Waals surface area contributed by atoms with Crippen molar-refractivity contribution in [3.8, 4) is 11.4 Å². The molecule has 2 heterocycles. The minimum atomic E-state index is -3.64. The molecule has 1 saturated heterocycles. The highest BCUT2D eigenvalue weighted by Gasteiger charge is 2.26. The average Bonchev–Trinajstić information content (AvgIpc) is 3.27. The predicted molar refractivity (Wildman–Crippen MR) is 113 cm³/mol. The largest absolute Gasteiger partial charge is 0.452 e. The molecule has 0 radical (unpaired) electrons. The third-order valence-corrected chi connectivity index (χ3v) is 7.07. The van der Waals surface area contributed by atoms with E-state index < -0.39 is 16.0 Å². The Labute approximate surface area is 184 Å². The van der Waals surface area contributed by atoms with E-state index in [1.54, 1.807) is 24.3 Å². The lowest BCUT2D eigenvalue weighted by atomic mass is 10.2. The van der Waals surface area contributed by atoms with E-state index >= 15 is 0 Å². The number of esters is 1. The molecule has 0 spiro atoms. The van der Waals surface area contributed by atoms with E-state index in [2.05, 4.69) is 10.1 Å². The van der Waals surface area contributed by atoms with Crippen LogP contribution in [0, 0.1) is 0 Å². The van der Waals surface area contributed by atoms with Gasteiger partial charge in [-0.25, -0.2) is 13.2 Å². The van der Waals surface area contributed by atoms with Gasteiger partial charge >= 0.3 is 5.97 Å². The quantitative estimate of drug-likeness (QED) is 0.512. The molecule has 8 nitrogen and oxygen atoms in total. The molecule has 10 heteroatoms. The van der Waals surface area contributed by atoms with Gasteiger partial charge in [0.25, 0.3) is 5.89 Å². The van der Waals surface area contributed by atoms with Crippen molar-refractivity contribution in [2.75, 3.05) is 13.1 Å². The molecule has 1 aliphatic heterocycles. The Balaban J connectivity index is 1.42. The zero-order chi connectivity index (χ0) is 21.8. The Morgan fingerprint density at radius 2 is 1.84 bits per heavy atom. The maximum Gasteiger partial charge on any atom is 0.338 e. The van der Waals surface area contributed by atoms with Gasteiger partial charge in [-0.3, -0.25) is 0 Å². The molecule has 1 aromatic heterocycles. The van der Waals surface area contributed by atoms with Crippen molar-refractivity contribution >= 4 is 27.6 Å². The summed E-state index contributed by atoms with van der Waals surface area (Å²) in [6.45, 7) is 0.747. The molecule has 0 bridgehead atoms. The number of ether oxygens (including phenoxy) is 1. The molecule has 0 atom stereocenters. The molecule has 0 aliphatic carbocycles. The van der Waals surface area contributed by atoms with E-state index in [1.807, 2.05) is 0 Å². The Hall–Kier alpha value is -2.75. The van der Waals surface area contributed by atoms with Crippen molar-refractivity contribution in [2.24, 2.45) is 0 Å². The van der Waals surface area contributed by atoms with Crippen molar-refractivity contribution in [2.45, 2.75) is 30.8 Å². The number of halogens is 1. The molecule has 2 aromatic carbocycles. The molecule has 0 amide bonds. The van der Waals surface area contributed by atoms with Gasteiger partial charge in [0.05, 0.1) is 10.5 Å². The normalized spacial score (nSPS) is 15.0. The van der Waals surface area contributed by atoms with Crippen LogP contribution in [-0.4, -0.2) is 41.9 Å². The Kier molecular flexibility index (Phi) is 6.35. The van der Waals surface area contributed by atoms with Crippen molar-refractivity contribution in [1.29, 1.82) is 0 Å². The Morgan fingerprint density at radius 1 is 1.10 bits per heavy atom. The van der Waals surface area contributed by atoms with Gasteiger partial charge in [0.2, 0.25) is 15.8 Å².